The van der Waals surface area contributed by atoms with Crippen molar-refractivity contribution in [2.45, 2.75) is 6.42 Å². The molecule has 3 heteroatoms. The molecule has 4 saturated carbocycles. The fraction of sp³-hybridized carbons (Fsp3) is 0.750. The maximum atomic E-state index is 11.2. The van der Waals surface area contributed by atoms with Crippen molar-refractivity contribution in [1.82, 2.24) is 0 Å². The molecule has 3 nitrogen and oxygen atoms in total. The lowest BCUT2D eigenvalue weighted by atomic mass is 9.98. The second-order valence-electron chi connectivity index (χ2n) is 3.88. The Balaban J connectivity index is 2.03. The van der Waals surface area contributed by atoms with E-state index in [-0.39, 0.29) is 29.5 Å². The Hall–Kier alpha value is -0.860. The molecular weight excluding hydrogens is 144 g/mol. The number of carbonyl (C=O) groups excluding carboxylic acids is 1. The van der Waals surface area contributed by atoms with E-state index in [0.29, 0.717) is 5.92 Å². The SMILES string of the molecule is O=C(O)C1[C@H]2[C@H]3C[C@@H]1C(=O)[C@@H]32. The molecule has 4 aliphatic carbocycles. The van der Waals surface area contributed by atoms with E-state index in [2.05, 4.69) is 0 Å². The highest BCUT2D eigenvalue weighted by Crippen LogP contribution is 2.71. The molecule has 0 aliphatic heterocycles. The zero-order valence-electron chi connectivity index (χ0n) is 5.86. The molecule has 4 fully saturated rings. The van der Waals surface area contributed by atoms with E-state index < -0.39 is 5.97 Å². The van der Waals surface area contributed by atoms with Crippen LogP contribution in [0.4, 0.5) is 0 Å². The van der Waals surface area contributed by atoms with Crippen molar-refractivity contribution in [3.63, 3.8) is 0 Å². The van der Waals surface area contributed by atoms with Crippen LogP contribution in [0.2, 0.25) is 0 Å². The third-order valence-corrected chi connectivity index (χ3v) is 3.58. The van der Waals surface area contributed by atoms with Crippen LogP contribution in [0.15, 0.2) is 0 Å². The molecule has 4 rings (SSSR count). The van der Waals surface area contributed by atoms with Crippen molar-refractivity contribution in [1.29, 1.82) is 0 Å². The largest absolute Gasteiger partial charge is 0.481 e. The molecule has 1 unspecified atom stereocenters. The highest BCUT2D eigenvalue weighted by molar-refractivity contribution is 5.98. The van der Waals surface area contributed by atoms with Gasteiger partial charge in [-0.3, -0.25) is 9.59 Å². The van der Waals surface area contributed by atoms with Crippen molar-refractivity contribution < 1.29 is 14.7 Å². The van der Waals surface area contributed by atoms with Gasteiger partial charge in [0.15, 0.2) is 0 Å². The molecule has 0 radical (unpaired) electrons. The predicted octanol–water partition coefficient (Wildman–Crippen LogP) is 0.152. The van der Waals surface area contributed by atoms with Gasteiger partial charge in [-0.25, -0.2) is 0 Å². The van der Waals surface area contributed by atoms with E-state index in [1.165, 1.54) is 0 Å². The Bertz CT molecular complexity index is 271. The smallest absolute Gasteiger partial charge is 0.307 e. The average Bonchev–Trinajstić information content (AvgIpc) is 2.33. The standard InChI is InChI=1S/C8H8O3/c9-7-3-1-2-4(5(2)7)6(3)8(10)11/h2-6H,1H2,(H,10,11)/t2-,3+,4+,5+,6?/m1/s1. The van der Waals surface area contributed by atoms with Gasteiger partial charge >= 0.3 is 5.97 Å². The van der Waals surface area contributed by atoms with Crippen LogP contribution in [0.3, 0.4) is 0 Å². The first-order valence-electron chi connectivity index (χ1n) is 3.98. The summed E-state index contributed by atoms with van der Waals surface area (Å²) in [6.07, 6.45) is 0.866. The summed E-state index contributed by atoms with van der Waals surface area (Å²) in [4.78, 5) is 21.9. The quantitative estimate of drug-likeness (QED) is 0.582. The fourth-order valence-electron chi connectivity index (χ4n) is 3.18. The molecular formula is C8H8O3. The van der Waals surface area contributed by atoms with Gasteiger partial charge in [-0.15, -0.1) is 0 Å². The molecule has 0 saturated heterocycles. The van der Waals surface area contributed by atoms with E-state index in [1.807, 2.05) is 0 Å². The lowest BCUT2D eigenvalue weighted by Gasteiger charge is -2.05. The number of Topliss-reactive ketones (excluding diaryl/α,β-unsaturated/α-hetero) is 1. The molecule has 0 heterocycles. The first-order chi connectivity index (χ1) is 5.22. The normalized spacial score (nSPS) is 56.7. The molecule has 1 N–H and O–H groups in total. The summed E-state index contributed by atoms with van der Waals surface area (Å²) < 4.78 is 0. The topological polar surface area (TPSA) is 54.4 Å². The van der Waals surface area contributed by atoms with Crippen molar-refractivity contribution in [3.8, 4) is 0 Å². The molecule has 0 amide bonds. The highest BCUT2D eigenvalue weighted by Gasteiger charge is 2.75. The van der Waals surface area contributed by atoms with Crippen LogP contribution < -0.4 is 0 Å². The first-order valence-corrected chi connectivity index (χ1v) is 3.98. The van der Waals surface area contributed by atoms with Gasteiger partial charge in [-0.1, -0.05) is 0 Å². The summed E-state index contributed by atoms with van der Waals surface area (Å²) in [7, 11) is 0. The number of rotatable bonds is 1. The number of carbonyl (C=O) groups is 2. The van der Waals surface area contributed by atoms with Crippen molar-refractivity contribution in [2.24, 2.45) is 29.6 Å². The molecule has 0 spiro atoms. The summed E-state index contributed by atoms with van der Waals surface area (Å²) >= 11 is 0. The number of hydrogen-bond acceptors (Lipinski definition) is 2. The third-order valence-electron chi connectivity index (χ3n) is 3.58. The molecule has 58 valence electrons. The minimum atomic E-state index is -0.754. The zero-order chi connectivity index (χ0) is 7.75. The van der Waals surface area contributed by atoms with Gasteiger partial charge in [0, 0.05) is 11.8 Å². The molecule has 4 bridgehead atoms. The second-order valence-corrected chi connectivity index (χ2v) is 3.88. The van der Waals surface area contributed by atoms with Gasteiger partial charge < -0.3 is 5.11 Å². The van der Waals surface area contributed by atoms with Gasteiger partial charge in [0.1, 0.15) is 5.78 Å². The number of aliphatic carboxylic acids is 1. The van der Waals surface area contributed by atoms with Gasteiger partial charge in [-0.05, 0) is 18.3 Å². The van der Waals surface area contributed by atoms with Crippen LogP contribution in [0.25, 0.3) is 0 Å². The summed E-state index contributed by atoms with van der Waals surface area (Å²) in [6, 6.07) is 0. The summed E-state index contributed by atoms with van der Waals surface area (Å²) in [6.45, 7) is 0. The number of hydrogen-bond donors (Lipinski definition) is 1. The van der Waals surface area contributed by atoms with Gasteiger partial charge in [0.05, 0.1) is 5.92 Å². The lowest BCUT2D eigenvalue weighted by Crippen LogP contribution is -2.19. The van der Waals surface area contributed by atoms with E-state index in [4.69, 9.17) is 5.11 Å². The second kappa shape index (κ2) is 1.36. The third kappa shape index (κ3) is 0.424. The molecule has 4 aliphatic rings. The first kappa shape index (κ1) is 5.75. The van der Waals surface area contributed by atoms with Crippen LogP contribution in [0, 0.1) is 29.6 Å². The molecule has 5 atom stereocenters. The Labute approximate surface area is 63.4 Å². The predicted molar refractivity (Wildman–Crippen MR) is 34.7 cm³/mol. The van der Waals surface area contributed by atoms with Crippen molar-refractivity contribution in [3.05, 3.63) is 0 Å². The summed E-state index contributed by atoms with van der Waals surface area (Å²) in [5.41, 5.74) is 0. The van der Waals surface area contributed by atoms with Crippen molar-refractivity contribution >= 4 is 11.8 Å². The monoisotopic (exact) mass is 152 g/mol. The Kier molecular flexibility index (Phi) is 0.708. The number of carboxylic acid groups (broad SMARTS) is 1. The molecule has 0 aromatic heterocycles. The zero-order valence-corrected chi connectivity index (χ0v) is 5.86. The van der Waals surface area contributed by atoms with E-state index in [0.717, 1.165) is 6.42 Å². The Morgan fingerprint density at radius 2 is 2.27 bits per heavy atom. The van der Waals surface area contributed by atoms with Crippen LogP contribution in [-0.2, 0) is 9.59 Å². The Morgan fingerprint density at radius 3 is 2.45 bits per heavy atom. The van der Waals surface area contributed by atoms with Crippen molar-refractivity contribution in [2.75, 3.05) is 0 Å². The summed E-state index contributed by atoms with van der Waals surface area (Å²) in [5.74, 6) is -0.0482. The molecule has 0 aromatic rings. The average molecular weight is 152 g/mol. The molecule has 11 heavy (non-hydrogen) atoms. The van der Waals surface area contributed by atoms with E-state index in [1.54, 1.807) is 0 Å². The maximum Gasteiger partial charge on any atom is 0.307 e. The Morgan fingerprint density at radius 1 is 1.55 bits per heavy atom. The lowest BCUT2D eigenvalue weighted by molar-refractivity contribution is -0.144. The van der Waals surface area contributed by atoms with Gasteiger partial charge in [0.25, 0.3) is 0 Å². The number of ketones is 1. The molecule has 0 aromatic carbocycles. The minimum Gasteiger partial charge on any atom is -0.481 e. The summed E-state index contributed by atoms with van der Waals surface area (Å²) in [5, 5.41) is 8.77. The minimum absolute atomic E-state index is 0.104. The maximum absolute atomic E-state index is 11.2. The van der Waals surface area contributed by atoms with Crippen LogP contribution >= 0.6 is 0 Å². The van der Waals surface area contributed by atoms with Gasteiger partial charge in [0.2, 0.25) is 0 Å². The fourth-order valence-corrected chi connectivity index (χ4v) is 3.18. The highest BCUT2D eigenvalue weighted by atomic mass is 16.4. The van der Waals surface area contributed by atoms with Crippen LogP contribution in [0.1, 0.15) is 6.42 Å². The van der Waals surface area contributed by atoms with Crippen LogP contribution in [0.5, 0.6) is 0 Å². The van der Waals surface area contributed by atoms with E-state index in [9.17, 15) is 9.59 Å². The van der Waals surface area contributed by atoms with Crippen LogP contribution in [-0.4, -0.2) is 16.9 Å². The van der Waals surface area contributed by atoms with Gasteiger partial charge in [-0.2, -0.15) is 0 Å². The number of carboxylic acids is 1. The van der Waals surface area contributed by atoms with E-state index >= 15 is 0 Å².